The van der Waals surface area contributed by atoms with Crippen LogP contribution in [0.15, 0.2) is 30.3 Å². The van der Waals surface area contributed by atoms with Gasteiger partial charge in [0, 0.05) is 11.0 Å². The number of piperazine rings is 1. The van der Waals surface area contributed by atoms with E-state index in [-0.39, 0.29) is 11.5 Å². The minimum atomic E-state index is -0.0498. The Kier molecular flexibility index (Phi) is 5.19. The van der Waals surface area contributed by atoms with Crippen LogP contribution < -0.4 is 15.1 Å². The molecule has 3 N–H and O–H groups in total. The highest BCUT2D eigenvalue weighted by atomic mass is 16.2. The summed E-state index contributed by atoms with van der Waals surface area (Å²) in [5.74, 6) is 2.83. The van der Waals surface area contributed by atoms with Crippen LogP contribution in [0.1, 0.15) is 57.1 Å². The Morgan fingerprint density at radius 3 is 2.07 bits per heavy atom. The Morgan fingerprint density at radius 1 is 0.966 bits per heavy atom. The summed E-state index contributed by atoms with van der Waals surface area (Å²) in [6.45, 7) is 7.06. The number of benzene rings is 1. The molecule has 158 valence electrons. The number of carbonyl (C=O) groups is 1. The van der Waals surface area contributed by atoms with Gasteiger partial charge in [0.05, 0.1) is 13.1 Å². The Bertz CT molecular complexity index is 690. The van der Waals surface area contributed by atoms with Gasteiger partial charge in [-0.05, 0) is 63.2 Å². The number of likely N-dealkylation sites (N-methyl/N-ethyl adjacent to an activating group) is 1. The predicted octanol–water partition coefficient (Wildman–Crippen LogP) is 0.862. The van der Waals surface area contributed by atoms with E-state index in [9.17, 15) is 4.79 Å². The largest absolute Gasteiger partial charge is 0.347 e. The zero-order chi connectivity index (χ0) is 20.0. The molecule has 4 bridgehead atoms. The third-order valence-electron chi connectivity index (χ3n) is 8.72. The summed E-state index contributed by atoms with van der Waals surface area (Å²) in [7, 11) is 2.30. The van der Waals surface area contributed by atoms with Crippen molar-refractivity contribution in [2.75, 3.05) is 33.2 Å². The number of hydrogen-bond donors (Lipinski definition) is 3. The average Bonchev–Trinajstić information content (AvgIpc) is 2.69. The van der Waals surface area contributed by atoms with Gasteiger partial charge >= 0.3 is 0 Å². The SMILES string of the molecule is C[C@H](NC(=O)C12CC3CC(CC(C3)C1)C2)[C@@H](c1ccccc1)[NH+]1CC[NH+](C)CC1. The lowest BCUT2D eigenvalue weighted by Crippen LogP contribution is -3.27. The number of amides is 1. The third kappa shape index (κ3) is 3.74. The number of hydrogen-bond acceptors (Lipinski definition) is 1. The highest BCUT2D eigenvalue weighted by Gasteiger charge is 2.55. The summed E-state index contributed by atoms with van der Waals surface area (Å²) >= 11 is 0. The molecule has 29 heavy (non-hydrogen) atoms. The minimum absolute atomic E-state index is 0.0498. The van der Waals surface area contributed by atoms with Crippen molar-refractivity contribution in [3.63, 3.8) is 0 Å². The number of quaternary nitrogens is 2. The van der Waals surface area contributed by atoms with Gasteiger partial charge in [0.25, 0.3) is 0 Å². The zero-order valence-corrected chi connectivity index (χ0v) is 18.3. The van der Waals surface area contributed by atoms with Crippen molar-refractivity contribution in [2.24, 2.45) is 23.2 Å². The van der Waals surface area contributed by atoms with Crippen molar-refractivity contribution >= 4 is 5.91 Å². The van der Waals surface area contributed by atoms with E-state index in [2.05, 4.69) is 49.6 Å². The molecule has 1 amide bonds. The van der Waals surface area contributed by atoms with Gasteiger partial charge < -0.3 is 15.1 Å². The van der Waals surface area contributed by atoms with Crippen molar-refractivity contribution in [2.45, 2.75) is 57.5 Å². The van der Waals surface area contributed by atoms with Crippen LogP contribution >= 0.6 is 0 Å². The Labute approximate surface area is 176 Å². The fraction of sp³-hybridized carbons (Fsp3) is 0.720. The van der Waals surface area contributed by atoms with Gasteiger partial charge in [0.15, 0.2) is 0 Å². The molecular weight excluding hydrogens is 358 g/mol. The smallest absolute Gasteiger partial charge is 0.226 e. The molecule has 5 aliphatic rings. The molecule has 1 aromatic rings. The van der Waals surface area contributed by atoms with Gasteiger partial charge in [-0.25, -0.2) is 0 Å². The van der Waals surface area contributed by atoms with E-state index < -0.39 is 0 Å². The monoisotopic (exact) mass is 397 g/mol. The van der Waals surface area contributed by atoms with Gasteiger partial charge in [0.1, 0.15) is 32.2 Å². The first-order chi connectivity index (χ1) is 14.0. The quantitative estimate of drug-likeness (QED) is 0.678. The predicted molar refractivity (Wildman–Crippen MR) is 115 cm³/mol. The molecule has 0 aromatic heterocycles. The molecule has 2 atom stereocenters. The molecule has 4 aliphatic carbocycles. The second kappa shape index (κ2) is 7.70. The summed E-state index contributed by atoms with van der Waals surface area (Å²) in [6, 6.07) is 11.4. The van der Waals surface area contributed by atoms with E-state index >= 15 is 0 Å². The van der Waals surface area contributed by atoms with Crippen molar-refractivity contribution in [1.82, 2.24) is 5.32 Å². The van der Waals surface area contributed by atoms with Crippen LogP contribution in [-0.4, -0.2) is 45.2 Å². The molecule has 6 rings (SSSR count). The van der Waals surface area contributed by atoms with Gasteiger partial charge in [-0.15, -0.1) is 0 Å². The number of nitrogens with one attached hydrogen (secondary N) is 3. The molecular formula is C25H39N3O+2. The summed E-state index contributed by atoms with van der Waals surface area (Å²) in [5, 5.41) is 3.58. The standard InChI is InChI=1S/C25H37N3O/c1-18(23(22-6-4-3-5-7-22)28-10-8-27(2)9-11-28)26-24(29)25-15-19-12-20(16-25)14-21(13-19)17-25/h3-7,18-21,23H,8-17H2,1-2H3,(H,26,29)/p+2/t18-,19?,20?,21?,23-,25?/m0/s1. The van der Waals surface area contributed by atoms with Crippen molar-refractivity contribution in [1.29, 1.82) is 0 Å². The molecule has 0 unspecified atom stereocenters. The molecule has 5 fully saturated rings. The van der Waals surface area contributed by atoms with Crippen LogP contribution in [0, 0.1) is 23.2 Å². The molecule has 1 heterocycles. The lowest BCUT2D eigenvalue weighted by molar-refractivity contribution is -1.02. The highest BCUT2D eigenvalue weighted by molar-refractivity contribution is 5.83. The Hall–Kier alpha value is -1.39. The van der Waals surface area contributed by atoms with Crippen LogP contribution in [0.25, 0.3) is 0 Å². The molecule has 1 aliphatic heterocycles. The maximum Gasteiger partial charge on any atom is 0.226 e. The maximum atomic E-state index is 13.7. The minimum Gasteiger partial charge on any atom is -0.347 e. The average molecular weight is 398 g/mol. The molecule has 4 heteroatoms. The molecule has 1 aromatic carbocycles. The van der Waals surface area contributed by atoms with Crippen molar-refractivity contribution < 1.29 is 14.6 Å². The maximum absolute atomic E-state index is 13.7. The zero-order valence-electron chi connectivity index (χ0n) is 18.3. The van der Waals surface area contributed by atoms with Crippen molar-refractivity contribution in [3.8, 4) is 0 Å². The van der Waals surface area contributed by atoms with E-state index in [0.717, 1.165) is 37.0 Å². The van der Waals surface area contributed by atoms with Crippen LogP contribution in [0.2, 0.25) is 0 Å². The first-order valence-corrected chi connectivity index (χ1v) is 12.0. The van der Waals surface area contributed by atoms with E-state index in [1.807, 2.05) is 0 Å². The van der Waals surface area contributed by atoms with E-state index in [0.29, 0.717) is 11.9 Å². The topological polar surface area (TPSA) is 38.0 Å². The van der Waals surface area contributed by atoms with E-state index in [1.165, 1.54) is 51.0 Å². The van der Waals surface area contributed by atoms with Gasteiger partial charge in [0.2, 0.25) is 5.91 Å². The molecule has 4 nitrogen and oxygen atoms in total. The summed E-state index contributed by atoms with van der Waals surface area (Å²) in [5.41, 5.74) is 1.33. The van der Waals surface area contributed by atoms with Gasteiger partial charge in [-0.1, -0.05) is 30.3 Å². The molecule has 4 saturated carbocycles. The summed E-state index contributed by atoms with van der Waals surface area (Å²) < 4.78 is 0. The molecule has 1 saturated heterocycles. The normalized spacial score (nSPS) is 40.4. The second-order valence-corrected chi connectivity index (χ2v) is 11.0. The first kappa shape index (κ1) is 19.6. The Morgan fingerprint density at radius 2 is 1.52 bits per heavy atom. The summed E-state index contributed by atoms with van der Waals surface area (Å²) in [6.07, 6.45) is 7.63. The lowest BCUT2D eigenvalue weighted by atomic mass is 9.49. The summed E-state index contributed by atoms with van der Waals surface area (Å²) in [4.78, 5) is 16.9. The van der Waals surface area contributed by atoms with Crippen LogP contribution in [0.5, 0.6) is 0 Å². The Balaban J connectivity index is 1.34. The molecule has 0 radical (unpaired) electrons. The van der Waals surface area contributed by atoms with E-state index in [4.69, 9.17) is 0 Å². The van der Waals surface area contributed by atoms with Crippen LogP contribution in [-0.2, 0) is 4.79 Å². The van der Waals surface area contributed by atoms with Gasteiger partial charge in [-0.2, -0.15) is 0 Å². The van der Waals surface area contributed by atoms with Crippen molar-refractivity contribution in [3.05, 3.63) is 35.9 Å². The van der Waals surface area contributed by atoms with E-state index in [1.54, 1.807) is 9.80 Å². The number of rotatable bonds is 5. The fourth-order valence-electron chi connectivity index (χ4n) is 7.68. The lowest BCUT2D eigenvalue weighted by Gasteiger charge is -2.56. The van der Waals surface area contributed by atoms with Crippen LogP contribution in [0.4, 0.5) is 0 Å². The van der Waals surface area contributed by atoms with Crippen LogP contribution in [0.3, 0.4) is 0 Å². The number of carbonyl (C=O) groups excluding carboxylic acids is 1. The second-order valence-electron chi connectivity index (χ2n) is 11.0. The first-order valence-electron chi connectivity index (χ1n) is 12.0. The molecule has 0 spiro atoms. The highest BCUT2D eigenvalue weighted by Crippen LogP contribution is 2.60. The third-order valence-corrected chi connectivity index (χ3v) is 8.72. The fourth-order valence-corrected chi connectivity index (χ4v) is 7.68. The van der Waals surface area contributed by atoms with Gasteiger partial charge in [-0.3, -0.25) is 4.79 Å².